The van der Waals surface area contributed by atoms with Gasteiger partial charge in [0.15, 0.2) is 11.5 Å². The van der Waals surface area contributed by atoms with Gasteiger partial charge in [0.25, 0.3) is 0 Å². The quantitative estimate of drug-likeness (QED) is 0.771. The number of hydrogen-bond donors (Lipinski definition) is 0. The molecule has 2 aliphatic rings. The Kier molecular flexibility index (Phi) is 4.87. The Hall–Kier alpha value is -1.88. The van der Waals surface area contributed by atoms with Crippen molar-refractivity contribution in [2.45, 2.75) is 38.8 Å². The number of benzene rings is 1. The second-order valence-corrected chi connectivity index (χ2v) is 7.50. The molecule has 0 spiro atoms. The molecule has 2 heterocycles. The van der Waals surface area contributed by atoms with E-state index in [4.69, 9.17) is 9.47 Å². The normalized spacial score (nSPS) is 26.1. The number of rotatable bonds is 5. The van der Waals surface area contributed by atoms with E-state index in [2.05, 4.69) is 30.5 Å². The van der Waals surface area contributed by atoms with Crippen LogP contribution in [0.25, 0.3) is 0 Å². The van der Waals surface area contributed by atoms with Crippen LogP contribution in [-0.2, 0) is 16.9 Å². The van der Waals surface area contributed by atoms with Crippen LogP contribution in [-0.4, -0.2) is 44.7 Å². The minimum Gasteiger partial charge on any atom is -0.493 e. The van der Waals surface area contributed by atoms with Gasteiger partial charge in [-0.2, -0.15) is 0 Å². The third kappa shape index (κ3) is 2.95. The molecule has 136 valence electrons. The maximum Gasteiger partial charge on any atom is 0.161 e. The predicted octanol–water partition coefficient (Wildman–Crippen LogP) is 3.05. The van der Waals surface area contributed by atoms with Crippen molar-refractivity contribution in [1.29, 1.82) is 0 Å². The van der Waals surface area contributed by atoms with E-state index in [9.17, 15) is 4.79 Å². The molecule has 2 atom stereocenters. The maximum absolute atomic E-state index is 12.9. The zero-order valence-corrected chi connectivity index (χ0v) is 15.7. The summed E-state index contributed by atoms with van der Waals surface area (Å²) in [5, 5.41) is 0. The largest absolute Gasteiger partial charge is 0.493 e. The summed E-state index contributed by atoms with van der Waals surface area (Å²) in [6.07, 6.45) is 2.23. The summed E-state index contributed by atoms with van der Waals surface area (Å²) in [7, 11) is 3.27. The number of piperidine rings is 1. The number of carbonyl (C=O) groups is 1. The van der Waals surface area contributed by atoms with Crippen molar-refractivity contribution in [3.05, 3.63) is 23.3 Å². The average molecular weight is 344 g/mol. The number of methoxy groups -OCH3 is 2. The van der Waals surface area contributed by atoms with Crippen LogP contribution in [0.4, 0.5) is 0 Å². The van der Waals surface area contributed by atoms with Gasteiger partial charge in [-0.1, -0.05) is 13.8 Å². The summed E-state index contributed by atoms with van der Waals surface area (Å²) < 4.78 is 10.9. The average Bonchev–Trinajstić information content (AvgIpc) is 2.60. The summed E-state index contributed by atoms with van der Waals surface area (Å²) in [5.41, 5.74) is 1.52. The zero-order chi connectivity index (χ0) is 18.2. The van der Waals surface area contributed by atoms with E-state index in [0.29, 0.717) is 29.6 Å². The first kappa shape index (κ1) is 17.9. The standard InChI is InChI=1S/C20H28N2O3/c1-13(2)8-15-12-22-7-6-14-9-18(24-4)19(25-5)10-16(14)20(22,21-3)11-17(15)23/h9-10,13,15H,3,6-8,11-12H2,1-2,4-5H3/t15-,20+/m1/s1. The van der Waals surface area contributed by atoms with Gasteiger partial charge in [0.05, 0.1) is 14.2 Å². The van der Waals surface area contributed by atoms with Crippen LogP contribution >= 0.6 is 0 Å². The predicted molar refractivity (Wildman–Crippen MR) is 98.6 cm³/mol. The van der Waals surface area contributed by atoms with Crippen LogP contribution in [0.15, 0.2) is 17.1 Å². The number of hydrogen-bond acceptors (Lipinski definition) is 5. The van der Waals surface area contributed by atoms with E-state index in [0.717, 1.165) is 37.1 Å². The monoisotopic (exact) mass is 344 g/mol. The van der Waals surface area contributed by atoms with Crippen LogP contribution in [0.1, 0.15) is 37.8 Å². The van der Waals surface area contributed by atoms with Crippen molar-refractivity contribution >= 4 is 12.5 Å². The maximum atomic E-state index is 12.9. The van der Waals surface area contributed by atoms with Crippen LogP contribution in [0.5, 0.6) is 11.5 Å². The van der Waals surface area contributed by atoms with E-state index >= 15 is 0 Å². The minimum atomic E-state index is -0.669. The minimum absolute atomic E-state index is 0.0940. The van der Waals surface area contributed by atoms with Crippen molar-refractivity contribution in [2.24, 2.45) is 16.8 Å². The van der Waals surface area contributed by atoms with Gasteiger partial charge in [-0.05, 0) is 43.2 Å². The molecular weight excluding hydrogens is 316 g/mol. The van der Waals surface area contributed by atoms with E-state index in [1.165, 1.54) is 0 Å². The molecule has 0 unspecified atom stereocenters. The summed E-state index contributed by atoms with van der Waals surface area (Å²) in [6.45, 7) is 9.83. The number of aliphatic imine (C=N–C) groups is 1. The number of carbonyl (C=O) groups excluding carboxylic acids is 1. The molecule has 2 aliphatic heterocycles. The van der Waals surface area contributed by atoms with Gasteiger partial charge < -0.3 is 9.47 Å². The Bertz CT molecular complexity index is 686. The topological polar surface area (TPSA) is 51.1 Å². The van der Waals surface area contributed by atoms with Gasteiger partial charge in [0.2, 0.25) is 0 Å². The SMILES string of the molecule is C=N[C@@]12CC(=O)[C@H](CC(C)C)CN1CCc1cc(OC)c(OC)cc12. The molecule has 1 fully saturated rings. The van der Waals surface area contributed by atoms with E-state index in [1.807, 2.05) is 12.1 Å². The lowest BCUT2D eigenvalue weighted by molar-refractivity contribution is -0.134. The summed E-state index contributed by atoms with van der Waals surface area (Å²) in [6, 6.07) is 3.99. The molecule has 0 radical (unpaired) electrons. The second-order valence-electron chi connectivity index (χ2n) is 7.50. The Morgan fingerprint density at radius 3 is 2.60 bits per heavy atom. The van der Waals surface area contributed by atoms with E-state index < -0.39 is 5.66 Å². The van der Waals surface area contributed by atoms with Crippen LogP contribution < -0.4 is 9.47 Å². The molecule has 0 amide bonds. The highest BCUT2D eigenvalue weighted by atomic mass is 16.5. The Labute approximate surface area is 150 Å². The van der Waals surface area contributed by atoms with Gasteiger partial charge in [-0.15, -0.1) is 0 Å². The van der Waals surface area contributed by atoms with E-state index in [-0.39, 0.29) is 5.92 Å². The number of nitrogens with zero attached hydrogens (tertiary/aromatic N) is 2. The first-order valence-corrected chi connectivity index (χ1v) is 8.96. The lowest BCUT2D eigenvalue weighted by Gasteiger charge is -2.50. The Balaban J connectivity index is 2.04. The van der Waals surface area contributed by atoms with E-state index in [1.54, 1.807) is 14.2 Å². The van der Waals surface area contributed by atoms with Crippen molar-refractivity contribution in [3.8, 4) is 11.5 Å². The number of Topliss-reactive ketones (excluding diaryl/α,β-unsaturated/α-hetero) is 1. The number of ether oxygens (including phenoxy) is 2. The molecule has 0 N–H and O–H groups in total. The highest BCUT2D eigenvalue weighted by molar-refractivity contribution is 5.84. The molecule has 5 nitrogen and oxygen atoms in total. The van der Waals surface area contributed by atoms with Gasteiger partial charge >= 0.3 is 0 Å². The Morgan fingerprint density at radius 2 is 2.00 bits per heavy atom. The van der Waals surface area contributed by atoms with Gasteiger partial charge in [0, 0.05) is 31.0 Å². The van der Waals surface area contributed by atoms with Crippen molar-refractivity contribution in [3.63, 3.8) is 0 Å². The summed E-state index contributed by atoms with van der Waals surface area (Å²) in [5.74, 6) is 2.28. The van der Waals surface area contributed by atoms with Gasteiger partial charge in [-0.3, -0.25) is 14.7 Å². The fourth-order valence-electron chi connectivity index (χ4n) is 4.33. The molecular formula is C20H28N2O3. The lowest BCUT2D eigenvalue weighted by Crippen LogP contribution is -2.57. The van der Waals surface area contributed by atoms with Crippen LogP contribution in [0.3, 0.4) is 0 Å². The van der Waals surface area contributed by atoms with Crippen LogP contribution in [0.2, 0.25) is 0 Å². The molecule has 5 heteroatoms. The Morgan fingerprint density at radius 1 is 1.32 bits per heavy atom. The first-order valence-electron chi connectivity index (χ1n) is 8.96. The third-order valence-corrected chi connectivity index (χ3v) is 5.55. The molecule has 1 aromatic rings. The zero-order valence-electron chi connectivity index (χ0n) is 15.7. The fraction of sp³-hybridized carbons (Fsp3) is 0.600. The van der Waals surface area contributed by atoms with Crippen LogP contribution in [0, 0.1) is 11.8 Å². The molecule has 1 aromatic carbocycles. The molecule has 0 aromatic heterocycles. The third-order valence-electron chi connectivity index (χ3n) is 5.55. The highest BCUT2D eigenvalue weighted by Crippen LogP contribution is 2.47. The molecule has 0 saturated carbocycles. The smallest absolute Gasteiger partial charge is 0.161 e. The van der Waals surface area contributed by atoms with Gasteiger partial charge in [-0.25, -0.2) is 0 Å². The van der Waals surface area contributed by atoms with Gasteiger partial charge in [0.1, 0.15) is 11.4 Å². The number of fused-ring (bicyclic) bond motifs is 3. The van der Waals surface area contributed by atoms with Crippen molar-refractivity contribution in [1.82, 2.24) is 4.90 Å². The number of ketones is 1. The summed E-state index contributed by atoms with van der Waals surface area (Å²) in [4.78, 5) is 19.7. The van der Waals surface area contributed by atoms with Crippen molar-refractivity contribution < 1.29 is 14.3 Å². The molecule has 0 aliphatic carbocycles. The molecule has 0 bridgehead atoms. The van der Waals surface area contributed by atoms with Crippen molar-refractivity contribution in [2.75, 3.05) is 27.3 Å². The summed E-state index contributed by atoms with van der Waals surface area (Å²) >= 11 is 0. The fourth-order valence-corrected chi connectivity index (χ4v) is 4.33. The molecule has 25 heavy (non-hydrogen) atoms. The molecule has 3 rings (SSSR count). The lowest BCUT2D eigenvalue weighted by atomic mass is 9.76. The first-order chi connectivity index (χ1) is 11.9. The highest BCUT2D eigenvalue weighted by Gasteiger charge is 2.49. The second kappa shape index (κ2) is 6.79. The molecule has 1 saturated heterocycles.